The molecule has 1 N–H and O–H groups in total. The van der Waals surface area contributed by atoms with Crippen LogP contribution in [0.15, 0.2) is 83.3 Å². The molecule has 1 aromatic heterocycles. The first-order chi connectivity index (χ1) is 15.2. The number of aromatic nitrogens is 2. The molecule has 0 amide bonds. The van der Waals surface area contributed by atoms with Crippen molar-refractivity contribution in [1.29, 1.82) is 0 Å². The van der Waals surface area contributed by atoms with E-state index in [4.69, 9.17) is 20.8 Å². The van der Waals surface area contributed by atoms with Crippen LogP contribution in [0.25, 0.3) is 11.5 Å². The molecule has 0 aliphatic heterocycles. The van der Waals surface area contributed by atoms with E-state index >= 15 is 0 Å². The van der Waals surface area contributed by atoms with E-state index in [-0.39, 0.29) is 5.97 Å². The Balaban J connectivity index is 1.64. The van der Waals surface area contributed by atoms with Crippen molar-refractivity contribution in [2.75, 3.05) is 11.9 Å². The molecule has 1 heterocycles. The molecule has 7 heteroatoms. The van der Waals surface area contributed by atoms with Crippen molar-refractivity contribution < 1.29 is 13.9 Å². The van der Waals surface area contributed by atoms with Gasteiger partial charge in [-0.3, -0.25) is 0 Å². The molecule has 4 aromatic rings. The fourth-order valence-electron chi connectivity index (χ4n) is 3.11. The van der Waals surface area contributed by atoms with Crippen LogP contribution in [0.1, 0.15) is 34.8 Å². The smallest absolute Gasteiger partial charge is 0.338 e. The third kappa shape index (κ3) is 4.75. The Morgan fingerprint density at radius 2 is 1.71 bits per heavy atom. The topological polar surface area (TPSA) is 77.2 Å². The van der Waals surface area contributed by atoms with Gasteiger partial charge in [-0.25, -0.2) is 4.79 Å². The first-order valence-corrected chi connectivity index (χ1v) is 10.2. The molecule has 1 unspecified atom stereocenters. The van der Waals surface area contributed by atoms with Crippen molar-refractivity contribution in [2.24, 2.45) is 0 Å². The predicted molar refractivity (Wildman–Crippen MR) is 119 cm³/mol. The van der Waals surface area contributed by atoms with Crippen LogP contribution in [0, 0.1) is 0 Å². The molecule has 31 heavy (non-hydrogen) atoms. The van der Waals surface area contributed by atoms with Crippen molar-refractivity contribution >= 4 is 23.3 Å². The zero-order valence-corrected chi connectivity index (χ0v) is 17.5. The van der Waals surface area contributed by atoms with Crippen LogP contribution < -0.4 is 5.32 Å². The lowest BCUT2D eigenvalue weighted by molar-refractivity contribution is 0.0526. The number of rotatable bonds is 7. The van der Waals surface area contributed by atoms with Gasteiger partial charge >= 0.3 is 5.97 Å². The van der Waals surface area contributed by atoms with Gasteiger partial charge in [0.05, 0.1) is 22.8 Å². The van der Waals surface area contributed by atoms with Gasteiger partial charge in [0.1, 0.15) is 6.04 Å². The minimum Gasteiger partial charge on any atom is -0.462 e. The van der Waals surface area contributed by atoms with Gasteiger partial charge in [-0.05, 0) is 48.9 Å². The summed E-state index contributed by atoms with van der Waals surface area (Å²) in [5, 5.41) is 12.4. The lowest BCUT2D eigenvalue weighted by atomic mass is 10.1. The summed E-state index contributed by atoms with van der Waals surface area (Å²) in [7, 11) is 0. The third-order valence-corrected chi connectivity index (χ3v) is 4.96. The lowest BCUT2D eigenvalue weighted by Crippen LogP contribution is -2.13. The molecule has 0 radical (unpaired) electrons. The van der Waals surface area contributed by atoms with E-state index in [1.165, 1.54) is 0 Å². The summed E-state index contributed by atoms with van der Waals surface area (Å²) in [5.41, 5.74) is 2.90. The van der Waals surface area contributed by atoms with Gasteiger partial charge in [0.2, 0.25) is 11.8 Å². The minimum absolute atomic E-state index is 0.333. The second-order valence-electron chi connectivity index (χ2n) is 6.71. The number of halogens is 1. The van der Waals surface area contributed by atoms with Gasteiger partial charge in [-0.15, -0.1) is 10.2 Å². The second-order valence-corrected chi connectivity index (χ2v) is 7.12. The summed E-state index contributed by atoms with van der Waals surface area (Å²) < 4.78 is 11.0. The normalized spacial score (nSPS) is 11.7. The molecular weight excluding hydrogens is 414 g/mol. The van der Waals surface area contributed by atoms with Crippen LogP contribution in [0.4, 0.5) is 5.69 Å². The van der Waals surface area contributed by atoms with E-state index in [0.717, 1.165) is 11.3 Å². The average molecular weight is 434 g/mol. The number of nitrogens with one attached hydrogen (secondary N) is 1. The highest BCUT2D eigenvalue weighted by molar-refractivity contribution is 6.33. The van der Waals surface area contributed by atoms with Crippen LogP contribution in [0.2, 0.25) is 5.02 Å². The number of benzene rings is 3. The number of carbonyl (C=O) groups excluding carboxylic acids is 1. The number of hydrogen-bond acceptors (Lipinski definition) is 6. The average Bonchev–Trinajstić information content (AvgIpc) is 3.28. The van der Waals surface area contributed by atoms with Crippen LogP contribution >= 0.6 is 11.6 Å². The fraction of sp³-hybridized carbons (Fsp3) is 0.125. The Labute approximate surface area is 184 Å². The lowest BCUT2D eigenvalue weighted by Gasteiger charge is -2.17. The summed E-state index contributed by atoms with van der Waals surface area (Å²) in [6.07, 6.45) is 0. The SMILES string of the molecule is CCOC(=O)c1ccc(NC(c2ccccc2)c2nnc(-c3ccccc3Cl)o2)cc1. The maximum absolute atomic E-state index is 11.9. The Morgan fingerprint density at radius 1 is 1.00 bits per heavy atom. The van der Waals surface area contributed by atoms with E-state index < -0.39 is 6.04 Å². The molecule has 0 fully saturated rings. The summed E-state index contributed by atoms with van der Waals surface area (Å²) in [4.78, 5) is 11.9. The van der Waals surface area contributed by atoms with Crippen LogP contribution in [0.5, 0.6) is 0 Å². The Bertz CT molecular complexity index is 1160. The standard InChI is InChI=1S/C24H20ClN3O3/c1-2-30-24(29)17-12-14-18(15-13-17)26-21(16-8-4-3-5-9-16)23-28-27-22(31-23)19-10-6-7-11-20(19)25/h3-15,21,26H,2H2,1H3. The maximum Gasteiger partial charge on any atom is 0.338 e. The van der Waals surface area contributed by atoms with Gasteiger partial charge in [0.15, 0.2) is 0 Å². The second kappa shape index (κ2) is 9.45. The van der Waals surface area contributed by atoms with Crippen molar-refractivity contribution in [3.05, 3.63) is 101 Å². The monoisotopic (exact) mass is 433 g/mol. The molecule has 4 rings (SSSR count). The fourth-order valence-corrected chi connectivity index (χ4v) is 3.33. The first kappa shape index (κ1) is 20.6. The summed E-state index contributed by atoms with van der Waals surface area (Å²) in [6.45, 7) is 2.11. The molecule has 1 atom stereocenters. The van der Waals surface area contributed by atoms with E-state index in [1.807, 2.05) is 60.7 Å². The van der Waals surface area contributed by atoms with Crippen molar-refractivity contribution in [1.82, 2.24) is 10.2 Å². The van der Waals surface area contributed by atoms with Gasteiger partial charge in [-0.2, -0.15) is 0 Å². The van der Waals surface area contributed by atoms with Crippen molar-refractivity contribution in [3.8, 4) is 11.5 Å². The molecule has 0 aliphatic carbocycles. The van der Waals surface area contributed by atoms with Gasteiger partial charge in [0.25, 0.3) is 0 Å². The Kier molecular flexibility index (Phi) is 6.29. The molecule has 0 saturated heterocycles. The van der Waals surface area contributed by atoms with Crippen LogP contribution in [0.3, 0.4) is 0 Å². The highest BCUT2D eigenvalue weighted by atomic mass is 35.5. The van der Waals surface area contributed by atoms with Gasteiger partial charge < -0.3 is 14.5 Å². The zero-order valence-electron chi connectivity index (χ0n) is 16.8. The van der Waals surface area contributed by atoms with E-state index in [0.29, 0.717) is 34.5 Å². The largest absolute Gasteiger partial charge is 0.462 e. The van der Waals surface area contributed by atoms with E-state index in [1.54, 1.807) is 25.1 Å². The molecule has 0 bridgehead atoms. The molecule has 156 valence electrons. The number of carbonyl (C=O) groups is 1. The summed E-state index contributed by atoms with van der Waals surface area (Å²) in [6, 6.07) is 23.8. The van der Waals surface area contributed by atoms with Gasteiger partial charge in [-0.1, -0.05) is 54.1 Å². The first-order valence-electron chi connectivity index (χ1n) is 9.82. The molecule has 0 aliphatic rings. The maximum atomic E-state index is 11.9. The number of esters is 1. The Hall–Kier alpha value is -3.64. The summed E-state index contributed by atoms with van der Waals surface area (Å²) in [5.74, 6) is 0.395. The van der Waals surface area contributed by atoms with Crippen LogP contribution in [-0.2, 0) is 4.74 Å². The van der Waals surface area contributed by atoms with E-state index in [2.05, 4.69) is 15.5 Å². The predicted octanol–water partition coefficient (Wildman–Crippen LogP) is 5.77. The number of anilines is 1. The molecule has 3 aromatic carbocycles. The molecule has 0 spiro atoms. The van der Waals surface area contributed by atoms with Crippen molar-refractivity contribution in [2.45, 2.75) is 13.0 Å². The number of hydrogen-bond donors (Lipinski definition) is 1. The van der Waals surface area contributed by atoms with Crippen molar-refractivity contribution in [3.63, 3.8) is 0 Å². The van der Waals surface area contributed by atoms with Gasteiger partial charge in [0, 0.05) is 5.69 Å². The molecular formula is C24H20ClN3O3. The molecule has 6 nitrogen and oxygen atoms in total. The number of ether oxygens (including phenoxy) is 1. The Morgan fingerprint density at radius 3 is 2.42 bits per heavy atom. The highest BCUT2D eigenvalue weighted by Crippen LogP contribution is 2.31. The van der Waals surface area contributed by atoms with Crippen LogP contribution in [-0.4, -0.2) is 22.8 Å². The number of nitrogens with zero attached hydrogens (tertiary/aromatic N) is 2. The minimum atomic E-state index is -0.390. The highest BCUT2D eigenvalue weighted by Gasteiger charge is 2.22. The molecule has 0 saturated carbocycles. The summed E-state index contributed by atoms with van der Waals surface area (Å²) >= 11 is 6.28. The zero-order chi connectivity index (χ0) is 21.6. The van der Waals surface area contributed by atoms with E-state index in [9.17, 15) is 4.79 Å². The third-order valence-electron chi connectivity index (χ3n) is 4.63. The quantitative estimate of drug-likeness (QED) is 0.373.